The zero-order valence-corrected chi connectivity index (χ0v) is 17.9. The quantitative estimate of drug-likeness (QED) is 0.581. The molecule has 0 radical (unpaired) electrons. The van der Waals surface area contributed by atoms with Crippen molar-refractivity contribution in [3.63, 3.8) is 0 Å². The summed E-state index contributed by atoms with van der Waals surface area (Å²) in [5, 5.41) is 0.778. The second-order valence-electron chi connectivity index (χ2n) is 6.20. The van der Waals surface area contributed by atoms with Crippen LogP contribution >= 0.6 is 11.3 Å². The van der Waals surface area contributed by atoms with E-state index in [1.807, 2.05) is 6.92 Å². The number of hydrogen-bond donors (Lipinski definition) is 1. The number of methoxy groups -OCH3 is 2. The molecule has 0 aliphatic heterocycles. The Bertz CT molecular complexity index is 1100. The first kappa shape index (κ1) is 21.2. The van der Waals surface area contributed by atoms with Gasteiger partial charge in [-0.2, -0.15) is 0 Å². The summed E-state index contributed by atoms with van der Waals surface area (Å²) < 4.78 is 51.2. The molecule has 0 saturated heterocycles. The Kier molecular flexibility index (Phi) is 6.51. The van der Waals surface area contributed by atoms with Gasteiger partial charge < -0.3 is 9.47 Å². The highest BCUT2D eigenvalue weighted by molar-refractivity contribution is 7.89. The van der Waals surface area contributed by atoms with Gasteiger partial charge in [0, 0.05) is 23.1 Å². The van der Waals surface area contributed by atoms with Gasteiger partial charge in [0.05, 0.1) is 24.8 Å². The van der Waals surface area contributed by atoms with E-state index in [0.717, 1.165) is 21.1 Å². The number of ether oxygens (including phenoxy) is 2. The SMILES string of the molecule is COc1ccc(S(=O)(=O)NCCc2sc(-c3ccc(F)cc3)nc2C)cc1OC. The molecule has 2 aromatic carbocycles. The van der Waals surface area contributed by atoms with E-state index in [1.54, 1.807) is 18.2 Å². The van der Waals surface area contributed by atoms with Gasteiger partial charge in [-0.25, -0.2) is 22.5 Å². The second kappa shape index (κ2) is 8.89. The molecule has 0 saturated carbocycles. The van der Waals surface area contributed by atoms with Crippen LogP contribution in [-0.4, -0.2) is 34.2 Å². The second-order valence-corrected chi connectivity index (χ2v) is 9.05. The first-order valence-corrected chi connectivity index (χ1v) is 11.1. The number of hydrogen-bond acceptors (Lipinski definition) is 6. The van der Waals surface area contributed by atoms with Crippen LogP contribution in [0.15, 0.2) is 47.4 Å². The summed E-state index contributed by atoms with van der Waals surface area (Å²) in [6, 6.07) is 10.6. The molecule has 0 atom stereocenters. The predicted octanol–water partition coefficient (Wildman–Crippen LogP) is 3.80. The summed E-state index contributed by atoms with van der Waals surface area (Å²) in [4.78, 5) is 5.59. The van der Waals surface area contributed by atoms with E-state index in [1.165, 1.54) is 49.8 Å². The Morgan fingerprint density at radius 1 is 1.07 bits per heavy atom. The highest BCUT2D eigenvalue weighted by atomic mass is 32.2. The number of benzene rings is 2. The van der Waals surface area contributed by atoms with E-state index in [0.29, 0.717) is 17.9 Å². The van der Waals surface area contributed by atoms with Gasteiger partial charge in [0.1, 0.15) is 10.8 Å². The minimum absolute atomic E-state index is 0.100. The molecule has 3 rings (SSSR count). The molecular weight excluding hydrogens is 415 g/mol. The Morgan fingerprint density at radius 2 is 1.76 bits per heavy atom. The van der Waals surface area contributed by atoms with Crippen LogP contribution in [0, 0.1) is 12.7 Å². The zero-order chi connectivity index (χ0) is 21.0. The van der Waals surface area contributed by atoms with Gasteiger partial charge in [0.15, 0.2) is 11.5 Å². The third-order valence-corrected chi connectivity index (χ3v) is 7.02. The summed E-state index contributed by atoms with van der Waals surface area (Å²) in [6.45, 7) is 2.10. The number of nitrogens with zero attached hydrogens (tertiary/aromatic N) is 1. The smallest absolute Gasteiger partial charge is 0.240 e. The van der Waals surface area contributed by atoms with E-state index < -0.39 is 10.0 Å². The Balaban J connectivity index is 1.68. The zero-order valence-electron chi connectivity index (χ0n) is 16.2. The van der Waals surface area contributed by atoms with Crippen molar-refractivity contribution in [2.24, 2.45) is 0 Å². The summed E-state index contributed by atoms with van der Waals surface area (Å²) in [6.07, 6.45) is 0.497. The lowest BCUT2D eigenvalue weighted by atomic mass is 10.2. The summed E-state index contributed by atoms with van der Waals surface area (Å²) in [7, 11) is -0.755. The molecule has 9 heteroatoms. The van der Waals surface area contributed by atoms with Crippen molar-refractivity contribution in [2.75, 3.05) is 20.8 Å². The number of halogens is 1. The molecule has 154 valence electrons. The van der Waals surface area contributed by atoms with Gasteiger partial charge in [-0.1, -0.05) is 0 Å². The van der Waals surface area contributed by atoms with E-state index in [9.17, 15) is 12.8 Å². The Labute approximate surface area is 173 Å². The number of aromatic nitrogens is 1. The highest BCUT2D eigenvalue weighted by Gasteiger charge is 2.17. The molecule has 0 unspecified atom stereocenters. The number of nitrogens with one attached hydrogen (secondary N) is 1. The lowest BCUT2D eigenvalue weighted by Gasteiger charge is -2.11. The van der Waals surface area contributed by atoms with E-state index in [-0.39, 0.29) is 17.3 Å². The molecule has 6 nitrogen and oxygen atoms in total. The minimum atomic E-state index is -3.69. The van der Waals surface area contributed by atoms with Crippen LogP contribution in [0.4, 0.5) is 4.39 Å². The largest absolute Gasteiger partial charge is 0.493 e. The van der Waals surface area contributed by atoms with E-state index in [2.05, 4.69) is 9.71 Å². The molecule has 1 aromatic heterocycles. The third kappa shape index (κ3) is 4.92. The van der Waals surface area contributed by atoms with Crippen molar-refractivity contribution in [3.05, 3.63) is 58.9 Å². The van der Waals surface area contributed by atoms with E-state index >= 15 is 0 Å². The predicted molar refractivity (Wildman–Crippen MR) is 111 cm³/mol. The van der Waals surface area contributed by atoms with Crippen molar-refractivity contribution in [3.8, 4) is 22.1 Å². The monoisotopic (exact) mass is 436 g/mol. The topological polar surface area (TPSA) is 77.5 Å². The fourth-order valence-electron chi connectivity index (χ4n) is 2.74. The minimum Gasteiger partial charge on any atom is -0.493 e. The normalized spacial score (nSPS) is 11.4. The number of sulfonamides is 1. The molecule has 0 fully saturated rings. The average Bonchev–Trinajstić information content (AvgIpc) is 3.08. The van der Waals surface area contributed by atoms with Crippen LogP contribution in [0.3, 0.4) is 0 Å². The lowest BCUT2D eigenvalue weighted by molar-refractivity contribution is 0.354. The molecule has 1 heterocycles. The van der Waals surface area contributed by atoms with Crippen LogP contribution in [0.5, 0.6) is 11.5 Å². The van der Waals surface area contributed by atoms with E-state index in [4.69, 9.17) is 9.47 Å². The summed E-state index contributed by atoms with van der Waals surface area (Å²) >= 11 is 1.47. The lowest BCUT2D eigenvalue weighted by Crippen LogP contribution is -2.26. The van der Waals surface area contributed by atoms with Crippen molar-refractivity contribution in [1.82, 2.24) is 9.71 Å². The standard InChI is InChI=1S/C20H21FN2O4S2/c1-13-19(28-20(23-13)14-4-6-15(21)7-5-14)10-11-22-29(24,25)16-8-9-17(26-2)18(12-16)27-3/h4-9,12,22H,10-11H2,1-3H3. The van der Waals surface area contributed by atoms with Crippen LogP contribution in [0.25, 0.3) is 10.6 Å². The molecular formula is C20H21FN2O4S2. The maximum Gasteiger partial charge on any atom is 0.240 e. The molecule has 1 N–H and O–H groups in total. The van der Waals surface area contributed by atoms with Gasteiger partial charge in [-0.3, -0.25) is 0 Å². The number of rotatable bonds is 8. The van der Waals surface area contributed by atoms with Crippen LogP contribution < -0.4 is 14.2 Å². The Morgan fingerprint density at radius 3 is 2.41 bits per heavy atom. The maximum atomic E-state index is 13.1. The molecule has 0 spiro atoms. The van der Waals surface area contributed by atoms with Gasteiger partial charge in [-0.15, -0.1) is 11.3 Å². The molecule has 0 aliphatic carbocycles. The number of aryl methyl sites for hydroxylation is 1. The summed E-state index contributed by atoms with van der Waals surface area (Å²) in [5.41, 5.74) is 1.66. The highest BCUT2D eigenvalue weighted by Crippen LogP contribution is 2.30. The maximum absolute atomic E-state index is 13.1. The van der Waals surface area contributed by atoms with Crippen LogP contribution in [-0.2, 0) is 16.4 Å². The van der Waals surface area contributed by atoms with Crippen LogP contribution in [0.1, 0.15) is 10.6 Å². The van der Waals surface area contributed by atoms with Crippen molar-refractivity contribution < 1.29 is 22.3 Å². The number of thiazole rings is 1. The van der Waals surface area contributed by atoms with Gasteiger partial charge in [0.2, 0.25) is 10.0 Å². The third-order valence-electron chi connectivity index (χ3n) is 4.29. The van der Waals surface area contributed by atoms with Crippen molar-refractivity contribution in [1.29, 1.82) is 0 Å². The summed E-state index contributed by atoms with van der Waals surface area (Å²) in [5.74, 6) is 0.504. The van der Waals surface area contributed by atoms with Gasteiger partial charge in [-0.05, 0) is 49.7 Å². The average molecular weight is 437 g/mol. The molecule has 0 amide bonds. The van der Waals surface area contributed by atoms with Crippen molar-refractivity contribution >= 4 is 21.4 Å². The first-order chi connectivity index (χ1) is 13.8. The molecule has 0 bridgehead atoms. The van der Waals surface area contributed by atoms with Gasteiger partial charge >= 0.3 is 0 Å². The fraction of sp³-hybridized carbons (Fsp3) is 0.250. The molecule has 3 aromatic rings. The molecule has 29 heavy (non-hydrogen) atoms. The Hall–Kier alpha value is -2.49. The molecule has 0 aliphatic rings. The van der Waals surface area contributed by atoms with Crippen LogP contribution in [0.2, 0.25) is 0 Å². The first-order valence-electron chi connectivity index (χ1n) is 8.78. The van der Waals surface area contributed by atoms with Crippen molar-refractivity contribution in [2.45, 2.75) is 18.2 Å². The fourth-order valence-corrected chi connectivity index (χ4v) is 4.86. The van der Waals surface area contributed by atoms with Gasteiger partial charge in [0.25, 0.3) is 0 Å².